The van der Waals surface area contributed by atoms with Crippen LogP contribution in [0.4, 0.5) is 0 Å². The quantitative estimate of drug-likeness (QED) is 0.493. The lowest BCUT2D eigenvalue weighted by Crippen LogP contribution is -2.52. The van der Waals surface area contributed by atoms with Crippen LogP contribution in [0.1, 0.15) is 12.5 Å². The average molecular weight is 316 g/mol. The third-order valence-corrected chi connectivity index (χ3v) is 3.72. The molecule has 0 spiro atoms. The zero-order valence-electron chi connectivity index (χ0n) is 11.6. The third-order valence-electron chi connectivity index (χ3n) is 2.94. The minimum absolute atomic E-state index is 0.283. The number of nitrogens with one attached hydrogen (secondary N) is 1. The Hall–Kier alpha value is -1.48. The van der Waals surface area contributed by atoms with Crippen LogP contribution in [0.2, 0.25) is 0 Å². The second-order valence-electron chi connectivity index (χ2n) is 4.90. The Bertz CT molecular complexity index is 559. The fourth-order valence-electron chi connectivity index (χ4n) is 1.78. The number of rotatable bonds is 7. The van der Waals surface area contributed by atoms with Crippen molar-refractivity contribution < 1.29 is 22.9 Å². The molecule has 0 aromatic heterocycles. The lowest BCUT2D eigenvalue weighted by molar-refractivity contribution is -0.123. The predicted octanol–water partition coefficient (Wildman–Crippen LogP) is -0.690. The molecule has 0 aliphatic carbocycles. The Labute approximate surface area is 123 Å². The molecule has 0 unspecified atom stereocenters. The van der Waals surface area contributed by atoms with Crippen LogP contribution in [0.3, 0.4) is 0 Å². The van der Waals surface area contributed by atoms with E-state index in [1.807, 2.05) is 30.3 Å². The Morgan fingerprint density at radius 1 is 1.33 bits per heavy atom. The third kappa shape index (κ3) is 6.67. The van der Waals surface area contributed by atoms with Crippen molar-refractivity contribution in [1.29, 1.82) is 0 Å². The van der Waals surface area contributed by atoms with E-state index in [2.05, 4.69) is 5.32 Å². The number of hydrogen-bond donors (Lipinski definition) is 4. The first-order valence-corrected chi connectivity index (χ1v) is 8.03. The molecule has 1 aromatic carbocycles. The highest BCUT2D eigenvalue weighted by atomic mass is 32.2. The molecular weight excluding hydrogens is 296 g/mol. The fourth-order valence-corrected chi connectivity index (χ4v) is 2.59. The van der Waals surface area contributed by atoms with E-state index in [4.69, 9.17) is 10.3 Å². The van der Waals surface area contributed by atoms with Gasteiger partial charge in [0.25, 0.3) is 10.1 Å². The Kier molecular flexibility index (Phi) is 6.28. The number of carbonyl (C=O) groups excluding carboxylic acids is 1. The van der Waals surface area contributed by atoms with Crippen molar-refractivity contribution in [1.82, 2.24) is 5.32 Å². The molecule has 0 fully saturated rings. The Balaban J connectivity index is 2.64. The molecule has 8 heteroatoms. The first kappa shape index (κ1) is 17.6. The maximum Gasteiger partial charge on any atom is 0.266 e. The van der Waals surface area contributed by atoms with E-state index >= 15 is 0 Å². The van der Waals surface area contributed by atoms with E-state index in [1.54, 1.807) is 0 Å². The number of nitrogens with two attached hydrogens (primary N) is 1. The van der Waals surface area contributed by atoms with Gasteiger partial charge in [0.05, 0.1) is 23.9 Å². The maximum absolute atomic E-state index is 11.9. The van der Waals surface area contributed by atoms with Gasteiger partial charge in [-0.05, 0) is 18.9 Å². The molecule has 5 N–H and O–H groups in total. The lowest BCUT2D eigenvalue weighted by Gasteiger charge is -2.22. The van der Waals surface area contributed by atoms with Crippen LogP contribution in [0.15, 0.2) is 30.3 Å². The van der Waals surface area contributed by atoms with Gasteiger partial charge in [-0.25, -0.2) is 0 Å². The van der Waals surface area contributed by atoms with Crippen molar-refractivity contribution in [2.24, 2.45) is 5.73 Å². The fraction of sp³-hybridized carbons (Fsp3) is 0.462. The van der Waals surface area contributed by atoms with E-state index in [1.165, 1.54) is 6.92 Å². The topological polar surface area (TPSA) is 130 Å². The SMILES string of the molecule is C[C@@H](O)[C@@H](CS(=O)(=O)O)NC(=O)[C@@H](N)Cc1ccccc1. The second kappa shape index (κ2) is 7.51. The van der Waals surface area contributed by atoms with Gasteiger partial charge in [0.2, 0.25) is 5.91 Å². The van der Waals surface area contributed by atoms with Gasteiger partial charge in [0.1, 0.15) is 0 Å². The van der Waals surface area contributed by atoms with Crippen LogP contribution < -0.4 is 11.1 Å². The zero-order valence-corrected chi connectivity index (χ0v) is 12.5. The van der Waals surface area contributed by atoms with Gasteiger partial charge in [0, 0.05) is 0 Å². The Morgan fingerprint density at radius 3 is 2.38 bits per heavy atom. The standard InChI is InChI=1S/C13H20N2O5S/c1-9(16)12(8-21(18,19)20)15-13(17)11(14)7-10-5-3-2-4-6-10/h2-6,9,11-12,16H,7-8,14H2,1H3,(H,15,17)(H,18,19,20)/t9-,11+,12-/m1/s1. The zero-order chi connectivity index (χ0) is 16.0. The average Bonchev–Trinajstić information content (AvgIpc) is 2.37. The molecule has 0 saturated heterocycles. The number of aliphatic hydroxyl groups excluding tert-OH is 1. The molecule has 118 valence electrons. The molecule has 0 heterocycles. The van der Waals surface area contributed by atoms with Crippen molar-refractivity contribution in [2.75, 3.05) is 5.75 Å². The number of hydrogen-bond acceptors (Lipinski definition) is 5. The summed E-state index contributed by atoms with van der Waals surface area (Å²) in [5.41, 5.74) is 6.62. The van der Waals surface area contributed by atoms with Crippen molar-refractivity contribution in [3.63, 3.8) is 0 Å². The van der Waals surface area contributed by atoms with Gasteiger partial charge in [-0.2, -0.15) is 8.42 Å². The van der Waals surface area contributed by atoms with Crippen molar-refractivity contribution in [2.45, 2.75) is 31.5 Å². The first-order valence-electron chi connectivity index (χ1n) is 6.42. The molecule has 1 amide bonds. The maximum atomic E-state index is 11.9. The van der Waals surface area contributed by atoms with Crippen molar-refractivity contribution >= 4 is 16.0 Å². The molecule has 3 atom stereocenters. The van der Waals surface area contributed by atoms with E-state index < -0.39 is 40.0 Å². The molecule has 0 saturated carbocycles. The summed E-state index contributed by atoms with van der Waals surface area (Å²) < 4.78 is 30.5. The number of amides is 1. The van der Waals surface area contributed by atoms with E-state index in [0.717, 1.165) is 5.56 Å². The lowest BCUT2D eigenvalue weighted by atomic mass is 10.1. The molecular formula is C13H20N2O5S. The van der Waals surface area contributed by atoms with Gasteiger partial charge in [-0.15, -0.1) is 0 Å². The van der Waals surface area contributed by atoms with Gasteiger partial charge in [-0.1, -0.05) is 30.3 Å². The summed E-state index contributed by atoms with van der Waals surface area (Å²) in [6.45, 7) is 1.32. The molecule has 7 nitrogen and oxygen atoms in total. The summed E-state index contributed by atoms with van der Waals surface area (Å²) in [5, 5.41) is 11.8. The Morgan fingerprint density at radius 2 is 1.90 bits per heavy atom. The van der Waals surface area contributed by atoms with Gasteiger partial charge < -0.3 is 16.2 Å². The van der Waals surface area contributed by atoms with Gasteiger partial charge in [-0.3, -0.25) is 9.35 Å². The second-order valence-corrected chi connectivity index (χ2v) is 6.40. The number of aliphatic hydroxyl groups is 1. The molecule has 21 heavy (non-hydrogen) atoms. The highest BCUT2D eigenvalue weighted by Crippen LogP contribution is 2.03. The van der Waals surface area contributed by atoms with Crippen LogP contribution in [-0.2, 0) is 21.3 Å². The highest BCUT2D eigenvalue weighted by Gasteiger charge is 2.25. The molecule has 1 aromatic rings. The molecule has 0 radical (unpaired) electrons. The monoisotopic (exact) mass is 316 g/mol. The molecule has 1 rings (SSSR count). The predicted molar refractivity (Wildman–Crippen MR) is 78.1 cm³/mol. The smallest absolute Gasteiger partial charge is 0.266 e. The largest absolute Gasteiger partial charge is 0.391 e. The van der Waals surface area contributed by atoms with Gasteiger partial charge in [0.15, 0.2) is 0 Å². The molecule has 0 bridgehead atoms. The summed E-state index contributed by atoms with van der Waals surface area (Å²) in [6, 6.07) is 7.11. The number of benzene rings is 1. The van der Waals surface area contributed by atoms with Crippen LogP contribution in [0.25, 0.3) is 0 Å². The van der Waals surface area contributed by atoms with Crippen LogP contribution >= 0.6 is 0 Å². The summed E-state index contributed by atoms with van der Waals surface area (Å²) in [7, 11) is -4.31. The minimum Gasteiger partial charge on any atom is -0.391 e. The van der Waals surface area contributed by atoms with Crippen molar-refractivity contribution in [3.8, 4) is 0 Å². The van der Waals surface area contributed by atoms with Crippen LogP contribution in [0.5, 0.6) is 0 Å². The minimum atomic E-state index is -4.31. The highest BCUT2D eigenvalue weighted by molar-refractivity contribution is 7.85. The summed E-state index contributed by atoms with van der Waals surface area (Å²) >= 11 is 0. The summed E-state index contributed by atoms with van der Waals surface area (Å²) in [5.74, 6) is -1.36. The summed E-state index contributed by atoms with van der Waals surface area (Å²) in [6.07, 6.45) is -0.856. The van der Waals surface area contributed by atoms with E-state index in [-0.39, 0.29) is 6.42 Å². The van der Waals surface area contributed by atoms with Crippen LogP contribution in [0, 0.1) is 0 Å². The summed E-state index contributed by atoms with van der Waals surface area (Å²) in [4.78, 5) is 11.9. The number of carbonyl (C=O) groups is 1. The van der Waals surface area contributed by atoms with E-state index in [9.17, 15) is 18.3 Å². The first-order chi connectivity index (χ1) is 9.69. The molecule has 0 aliphatic heterocycles. The van der Waals surface area contributed by atoms with Crippen LogP contribution in [-0.4, -0.2) is 47.9 Å². The van der Waals surface area contributed by atoms with Crippen molar-refractivity contribution in [3.05, 3.63) is 35.9 Å². The van der Waals surface area contributed by atoms with E-state index in [0.29, 0.717) is 0 Å². The normalized spacial score (nSPS) is 16.0. The molecule has 0 aliphatic rings. The van der Waals surface area contributed by atoms with Gasteiger partial charge >= 0.3 is 0 Å².